The molecule has 1 aromatic heterocycles. The molecule has 0 spiro atoms. The van der Waals surface area contributed by atoms with E-state index in [2.05, 4.69) is 32.8 Å². The molecule has 1 saturated heterocycles. The lowest BCUT2D eigenvalue weighted by atomic mass is 9.75. The summed E-state index contributed by atoms with van der Waals surface area (Å²) < 4.78 is 19.1. The first kappa shape index (κ1) is 18.5. The third-order valence-electron chi connectivity index (χ3n) is 5.60. The van der Waals surface area contributed by atoms with Crippen LogP contribution in [0.2, 0.25) is 0 Å². The van der Waals surface area contributed by atoms with E-state index in [9.17, 15) is 4.79 Å². The average molecular weight is 348 g/mol. The van der Waals surface area contributed by atoms with Crippen LogP contribution in [0.1, 0.15) is 61.3 Å². The molecule has 2 fully saturated rings. The summed E-state index contributed by atoms with van der Waals surface area (Å²) in [6.07, 6.45) is 5.25. The monoisotopic (exact) mass is 348 g/mol. The number of ether oxygens (including phenoxy) is 1. The summed E-state index contributed by atoms with van der Waals surface area (Å²) in [6.45, 7) is 14.0. The van der Waals surface area contributed by atoms with Crippen molar-refractivity contribution >= 4 is 18.7 Å². The first-order valence-corrected chi connectivity index (χ1v) is 9.06. The van der Waals surface area contributed by atoms with Gasteiger partial charge in [-0.1, -0.05) is 6.92 Å². The number of carbonyl (C=O) groups is 1. The molecule has 1 aromatic rings. The summed E-state index contributed by atoms with van der Waals surface area (Å²) in [5, 5.41) is 4.11. The minimum Gasteiger partial charge on any atom is -0.442 e. The predicted molar refractivity (Wildman–Crippen MR) is 95.8 cm³/mol. The van der Waals surface area contributed by atoms with Crippen molar-refractivity contribution < 1.29 is 18.8 Å². The maximum atomic E-state index is 12.1. The largest absolute Gasteiger partial charge is 0.498 e. The summed E-state index contributed by atoms with van der Waals surface area (Å²) in [4.78, 5) is 12.1. The highest BCUT2D eigenvalue weighted by molar-refractivity contribution is 6.62. The molecular weight excluding hydrogens is 319 g/mol. The Labute approximate surface area is 150 Å². The van der Waals surface area contributed by atoms with Crippen molar-refractivity contribution in [3.05, 3.63) is 12.4 Å². The summed E-state index contributed by atoms with van der Waals surface area (Å²) >= 11 is 0. The molecule has 2 aliphatic rings. The third kappa shape index (κ3) is 3.49. The lowest BCUT2D eigenvalue weighted by molar-refractivity contribution is -0.0554. The van der Waals surface area contributed by atoms with E-state index in [1.54, 1.807) is 12.4 Å². The first-order valence-electron chi connectivity index (χ1n) is 9.06. The van der Waals surface area contributed by atoms with E-state index in [-0.39, 0.29) is 5.60 Å². The van der Waals surface area contributed by atoms with Gasteiger partial charge in [0.25, 0.3) is 0 Å². The van der Waals surface area contributed by atoms with Gasteiger partial charge in [-0.3, -0.25) is 0 Å². The molecule has 6 nitrogen and oxygen atoms in total. The second-order valence-corrected chi connectivity index (χ2v) is 9.01. The number of nitrogens with zero attached hydrogens (tertiary/aromatic N) is 2. The molecule has 0 bridgehead atoms. The van der Waals surface area contributed by atoms with Gasteiger partial charge in [-0.25, -0.2) is 4.79 Å². The number of carbonyl (C=O) groups excluding carboxylic acids is 1. The summed E-state index contributed by atoms with van der Waals surface area (Å²) in [5.74, 6) is 1.12. The SMILES string of the molecule is CC(C1CC1)C1(C)OB(c2cnn(C(=O)OC(C)(C)C)c2)OC1(C)C. The van der Waals surface area contributed by atoms with Gasteiger partial charge in [-0.2, -0.15) is 9.78 Å². The molecule has 138 valence electrons. The predicted octanol–water partition coefficient (Wildman–Crippen LogP) is 2.99. The lowest BCUT2D eigenvalue weighted by Crippen LogP contribution is -2.50. The van der Waals surface area contributed by atoms with Gasteiger partial charge in [0.2, 0.25) is 0 Å². The van der Waals surface area contributed by atoms with Crippen LogP contribution in [0, 0.1) is 11.8 Å². The van der Waals surface area contributed by atoms with E-state index in [0.717, 1.165) is 5.46 Å². The third-order valence-corrected chi connectivity index (χ3v) is 5.60. The maximum Gasteiger partial charge on any atom is 0.498 e. The van der Waals surface area contributed by atoms with Crippen molar-refractivity contribution in [2.45, 2.75) is 78.1 Å². The molecule has 2 heterocycles. The summed E-state index contributed by atoms with van der Waals surface area (Å²) in [6, 6.07) is 0. The fourth-order valence-corrected chi connectivity index (χ4v) is 3.48. The van der Waals surface area contributed by atoms with Crippen molar-refractivity contribution in [3.8, 4) is 0 Å². The van der Waals surface area contributed by atoms with Gasteiger partial charge >= 0.3 is 13.2 Å². The highest BCUT2D eigenvalue weighted by atomic mass is 16.7. The summed E-state index contributed by atoms with van der Waals surface area (Å²) in [7, 11) is -0.530. The van der Waals surface area contributed by atoms with Crippen LogP contribution in [0.4, 0.5) is 4.79 Å². The minimum atomic E-state index is -0.566. The van der Waals surface area contributed by atoms with Crippen LogP contribution in [0.5, 0.6) is 0 Å². The zero-order chi connectivity index (χ0) is 18.6. The van der Waals surface area contributed by atoms with E-state index in [4.69, 9.17) is 14.0 Å². The van der Waals surface area contributed by atoms with Crippen molar-refractivity contribution in [1.29, 1.82) is 0 Å². The number of rotatable bonds is 3. The molecule has 7 heteroatoms. The molecule has 0 amide bonds. The van der Waals surface area contributed by atoms with Crippen LogP contribution in [0.3, 0.4) is 0 Å². The maximum absolute atomic E-state index is 12.1. The van der Waals surface area contributed by atoms with E-state index in [0.29, 0.717) is 11.8 Å². The highest BCUT2D eigenvalue weighted by Gasteiger charge is 2.59. The van der Waals surface area contributed by atoms with Gasteiger partial charge in [-0.15, -0.1) is 0 Å². The topological polar surface area (TPSA) is 62.6 Å². The van der Waals surface area contributed by atoms with Gasteiger partial charge in [0.15, 0.2) is 0 Å². The quantitative estimate of drug-likeness (QED) is 0.786. The second kappa shape index (κ2) is 5.84. The highest BCUT2D eigenvalue weighted by Crippen LogP contribution is 2.50. The molecule has 1 aliphatic heterocycles. The van der Waals surface area contributed by atoms with Gasteiger partial charge in [-0.05, 0) is 66.2 Å². The van der Waals surface area contributed by atoms with Crippen molar-refractivity contribution in [2.75, 3.05) is 0 Å². The molecule has 3 rings (SSSR count). The Morgan fingerprint density at radius 2 is 2.00 bits per heavy atom. The first-order chi connectivity index (χ1) is 11.4. The number of aromatic nitrogens is 2. The van der Waals surface area contributed by atoms with Crippen LogP contribution in [-0.2, 0) is 14.0 Å². The summed E-state index contributed by atoms with van der Waals surface area (Å²) in [5.41, 5.74) is -0.643. The minimum absolute atomic E-state index is 0.382. The fourth-order valence-electron chi connectivity index (χ4n) is 3.48. The van der Waals surface area contributed by atoms with E-state index < -0.39 is 24.4 Å². The Bertz CT molecular complexity index is 662. The Kier molecular flexibility index (Phi) is 4.31. The van der Waals surface area contributed by atoms with Crippen LogP contribution in [0.15, 0.2) is 12.4 Å². The zero-order valence-corrected chi connectivity index (χ0v) is 16.3. The molecule has 25 heavy (non-hydrogen) atoms. The molecule has 1 aliphatic carbocycles. The van der Waals surface area contributed by atoms with Crippen LogP contribution >= 0.6 is 0 Å². The molecule has 0 N–H and O–H groups in total. The number of hydrogen-bond acceptors (Lipinski definition) is 5. The standard InChI is InChI=1S/C18H29BN2O4/c1-12(13-8-9-13)18(7)17(5,6)24-19(25-18)14-10-20-21(11-14)15(22)23-16(2,3)4/h10-13H,8-9H2,1-7H3. The van der Waals surface area contributed by atoms with Crippen LogP contribution < -0.4 is 5.46 Å². The Morgan fingerprint density at radius 3 is 2.56 bits per heavy atom. The van der Waals surface area contributed by atoms with Gasteiger partial charge in [0.05, 0.1) is 11.2 Å². The van der Waals surface area contributed by atoms with Crippen molar-refractivity contribution in [3.63, 3.8) is 0 Å². The van der Waals surface area contributed by atoms with E-state index in [1.165, 1.54) is 17.5 Å². The number of hydrogen-bond donors (Lipinski definition) is 0. The molecule has 0 radical (unpaired) electrons. The zero-order valence-electron chi connectivity index (χ0n) is 16.3. The fraction of sp³-hybridized carbons (Fsp3) is 0.778. The normalized spacial score (nSPS) is 27.4. The van der Waals surface area contributed by atoms with Crippen molar-refractivity contribution in [1.82, 2.24) is 9.78 Å². The average Bonchev–Trinajstić information content (AvgIpc) is 3.12. The molecular formula is C18H29BN2O4. The van der Waals surface area contributed by atoms with Crippen molar-refractivity contribution in [2.24, 2.45) is 11.8 Å². The molecule has 1 saturated carbocycles. The van der Waals surface area contributed by atoms with Crippen LogP contribution in [0.25, 0.3) is 0 Å². The van der Waals surface area contributed by atoms with Gasteiger partial charge in [0, 0.05) is 17.9 Å². The van der Waals surface area contributed by atoms with Gasteiger partial charge < -0.3 is 14.0 Å². The molecule has 0 aromatic carbocycles. The Balaban J connectivity index is 1.76. The smallest absolute Gasteiger partial charge is 0.442 e. The van der Waals surface area contributed by atoms with Crippen LogP contribution in [-0.4, -0.2) is 39.8 Å². The Morgan fingerprint density at radius 1 is 1.36 bits per heavy atom. The van der Waals surface area contributed by atoms with E-state index >= 15 is 0 Å². The lowest BCUT2D eigenvalue weighted by Gasteiger charge is -2.41. The molecule has 2 unspecified atom stereocenters. The second-order valence-electron chi connectivity index (χ2n) is 9.01. The Hall–Kier alpha value is -1.34. The van der Waals surface area contributed by atoms with Gasteiger partial charge in [0.1, 0.15) is 5.60 Å². The molecule has 2 atom stereocenters. The van der Waals surface area contributed by atoms with E-state index in [1.807, 2.05) is 20.8 Å².